The Kier molecular flexibility index (Phi) is 6.96. The predicted octanol–water partition coefficient (Wildman–Crippen LogP) is 7.76. The lowest BCUT2D eigenvalue weighted by Crippen LogP contribution is -2.29. The molecule has 200 valence electrons. The van der Waals surface area contributed by atoms with Crippen molar-refractivity contribution in [3.05, 3.63) is 112 Å². The smallest absolute Gasteiger partial charge is 0.263 e. The third-order valence-electron chi connectivity index (χ3n) is 7.16. The van der Waals surface area contributed by atoms with E-state index in [-0.39, 0.29) is 5.75 Å². The van der Waals surface area contributed by atoms with Gasteiger partial charge in [0.15, 0.2) is 0 Å². The van der Waals surface area contributed by atoms with Crippen molar-refractivity contribution < 1.29 is 19.1 Å². The summed E-state index contributed by atoms with van der Waals surface area (Å²) in [6, 6.07) is 27.9. The highest BCUT2D eigenvalue weighted by molar-refractivity contribution is 7.19. The van der Waals surface area contributed by atoms with Gasteiger partial charge in [-0.05, 0) is 65.2 Å². The summed E-state index contributed by atoms with van der Waals surface area (Å²) >= 11 is 8.58. The van der Waals surface area contributed by atoms with E-state index in [1.54, 1.807) is 37.7 Å². The summed E-state index contributed by atoms with van der Waals surface area (Å²) in [6.45, 7) is 0.632. The lowest BCUT2D eigenvalue weighted by atomic mass is 9.98. The van der Waals surface area contributed by atoms with Gasteiger partial charge >= 0.3 is 0 Å². The van der Waals surface area contributed by atoms with Crippen LogP contribution >= 0.6 is 22.9 Å². The number of hydrogen-bond donors (Lipinski definition) is 1. The molecule has 0 amide bonds. The van der Waals surface area contributed by atoms with Crippen LogP contribution in [0.3, 0.4) is 0 Å². The first kappa shape index (κ1) is 26.0. The number of benzene rings is 4. The zero-order valence-electron chi connectivity index (χ0n) is 22.4. The van der Waals surface area contributed by atoms with Gasteiger partial charge in [0.05, 0.1) is 25.5 Å². The van der Waals surface area contributed by atoms with Gasteiger partial charge in [0.2, 0.25) is 5.52 Å². The summed E-state index contributed by atoms with van der Waals surface area (Å²) < 4.78 is 14.6. The molecule has 40 heavy (non-hydrogen) atoms. The molecule has 0 radical (unpaired) electrons. The lowest BCUT2D eigenvalue weighted by molar-refractivity contribution is -0.642. The molecule has 1 N–H and O–H groups in total. The van der Waals surface area contributed by atoms with Gasteiger partial charge in [-0.25, -0.2) is 0 Å². The number of methoxy groups -OCH3 is 2. The molecule has 0 aliphatic carbocycles. The number of phenols is 1. The molecule has 0 atom stereocenters. The molecule has 1 aromatic heterocycles. The van der Waals surface area contributed by atoms with Gasteiger partial charge in [-0.1, -0.05) is 59.3 Å². The number of allylic oxidation sites excluding steroid dienone is 2. The number of rotatable bonds is 6. The van der Waals surface area contributed by atoms with Crippen LogP contribution in [0.1, 0.15) is 16.1 Å². The average Bonchev–Trinajstić information content (AvgIpc) is 3.29. The van der Waals surface area contributed by atoms with Gasteiger partial charge in [-0.2, -0.15) is 4.57 Å². The molecule has 0 unspecified atom stereocenters. The number of aryl methyl sites for hydroxylation is 1. The highest BCUT2D eigenvalue weighted by atomic mass is 35.5. The molecule has 0 saturated heterocycles. The molecule has 0 saturated carbocycles. The molecule has 1 aliphatic heterocycles. The first-order chi connectivity index (χ1) is 19.5. The van der Waals surface area contributed by atoms with Gasteiger partial charge in [0.25, 0.3) is 5.01 Å². The third-order valence-corrected chi connectivity index (χ3v) is 8.62. The second-order valence-electron chi connectivity index (χ2n) is 9.56. The second-order valence-corrected chi connectivity index (χ2v) is 11.0. The van der Waals surface area contributed by atoms with E-state index in [0.717, 1.165) is 60.2 Å². The van der Waals surface area contributed by atoms with Crippen LogP contribution < -0.4 is 18.9 Å². The van der Waals surface area contributed by atoms with Crippen LogP contribution in [0.2, 0.25) is 0 Å². The van der Waals surface area contributed by atoms with Gasteiger partial charge in [0, 0.05) is 24.3 Å². The molecule has 0 bridgehead atoms. The minimum atomic E-state index is 0.215. The quantitative estimate of drug-likeness (QED) is 0.168. The highest BCUT2D eigenvalue weighted by Gasteiger charge is 2.25. The maximum Gasteiger partial charge on any atom is 0.263 e. The number of anilines is 1. The summed E-state index contributed by atoms with van der Waals surface area (Å²) in [4.78, 5) is 2.07. The topological polar surface area (TPSA) is 45.8 Å². The minimum absolute atomic E-state index is 0.215. The Morgan fingerprint density at radius 3 is 2.40 bits per heavy atom. The van der Waals surface area contributed by atoms with E-state index >= 15 is 0 Å². The molecule has 0 spiro atoms. The maximum atomic E-state index is 10.4. The monoisotopic (exact) mass is 567 g/mol. The number of thiazole rings is 1. The molecule has 6 rings (SSSR count). The number of phenolic OH excluding ortho intramolecular Hbond substituents is 1. The first-order valence-corrected chi connectivity index (χ1v) is 14.0. The van der Waals surface area contributed by atoms with Crippen molar-refractivity contribution >= 4 is 50.5 Å². The Morgan fingerprint density at radius 1 is 0.925 bits per heavy atom. The largest absolute Gasteiger partial charge is 0.508 e. The van der Waals surface area contributed by atoms with Crippen molar-refractivity contribution in [2.75, 3.05) is 19.1 Å². The number of fused-ring (bicyclic) bond motifs is 2. The van der Waals surface area contributed by atoms with Crippen LogP contribution in [0.4, 0.5) is 5.69 Å². The normalized spacial score (nSPS) is 13.8. The van der Waals surface area contributed by atoms with E-state index in [2.05, 4.69) is 52.9 Å². The number of aromatic hydroxyl groups is 1. The number of nitrogens with zero attached hydrogens (tertiary/aromatic N) is 2. The molecular weight excluding hydrogens is 540 g/mol. The van der Waals surface area contributed by atoms with Crippen LogP contribution in [0.5, 0.6) is 17.2 Å². The summed E-state index contributed by atoms with van der Waals surface area (Å²) in [6.07, 6.45) is 4.11. The van der Waals surface area contributed by atoms with Crippen LogP contribution in [0.25, 0.3) is 33.0 Å². The molecule has 7 heteroatoms. The molecule has 4 aromatic carbocycles. The van der Waals surface area contributed by atoms with Gasteiger partial charge < -0.3 is 19.5 Å². The predicted molar refractivity (Wildman–Crippen MR) is 164 cm³/mol. The van der Waals surface area contributed by atoms with E-state index in [0.29, 0.717) is 11.7 Å². The van der Waals surface area contributed by atoms with Crippen molar-refractivity contribution in [2.45, 2.75) is 6.54 Å². The Balaban J connectivity index is 1.44. The van der Waals surface area contributed by atoms with Crippen molar-refractivity contribution in [3.8, 4) is 28.4 Å². The molecule has 5 nitrogen and oxygen atoms in total. The van der Waals surface area contributed by atoms with Crippen molar-refractivity contribution in [1.29, 1.82) is 0 Å². The summed E-state index contributed by atoms with van der Waals surface area (Å²) in [7, 11) is 5.41. The highest BCUT2D eigenvalue weighted by Crippen LogP contribution is 2.42. The SMILES string of the molecule is COc1cccc(OC)c1-c1ccc2c(c1)sc(C=C1C=C(Cl)N(Cc3ccccc3)c3ccc(O)cc31)[n+]2C. The maximum absolute atomic E-state index is 10.4. The summed E-state index contributed by atoms with van der Waals surface area (Å²) in [5, 5.41) is 12.1. The second kappa shape index (κ2) is 10.7. The molecule has 0 fully saturated rings. The van der Waals surface area contributed by atoms with Gasteiger partial charge in [0.1, 0.15) is 34.2 Å². The summed E-state index contributed by atoms with van der Waals surface area (Å²) in [5.74, 6) is 1.74. The van der Waals surface area contributed by atoms with Crippen LogP contribution in [0.15, 0.2) is 96.2 Å². The zero-order chi connectivity index (χ0) is 27.8. The fraction of sp³-hybridized carbons (Fsp3) is 0.121. The van der Waals surface area contributed by atoms with E-state index in [4.69, 9.17) is 21.1 Å². The standard InChI is InChI=1S/C33H27ClN2O3S/c1-35-27-14-12-22(33-28(38-2)10-7-11-29(33)39-3)16-30(27)40-32(35)18-23-17-31(34)36(20-21-8-5-4-6-9-21)26-15-13-24(37)19-25(23)26/h4-19H,20H2,1-3H3/p+1. The van der Waals surface area contributed by atoms with Gasteiger partial charge in [-0.15, -0.1) is 0 Å². The van der Waals surface area contributed by atoms with Crippen LogP contribution in [0, 0.1) is 0 Å². The van der Waals surface area contributed by atoms with Gasteiger partial charge in [-0.3, -0.25) is 0 Å². The average molecular weight is 568 g/mol. The van der Waals surface area contributed by atoms with Crippen molar-refractivity contribution in [2.24, 2.45) is 7.05 Å². The molecule has 2 heterocycles. The number of ether oxygens (including phenoxy) is 2. The van der Waals surface area contributed by atoms with E-state index in [1.807, 2.05) is 48.5 Å². The molecule has 1 aliphatic rings. The number of hydrogen-bond acceptors (Lipinski definition) is 5. The summed E-state index contributed by atoms with van der Waals surface area (Å²) in [5.41, 5.74) is 7.03. The van der Waals surface area contributed by atoms with E-state index in [1.165, 1.54) is 0 Å². The number of aromatic nitrogens is 1. The van der Waals surface area contributed by atoms with Crippen molar-refractivity contribution in [1.82, 2.24) is 0 Å². The van der Waals surface area contributed by atoms with Crippen molar-refractivity contribution in [3.63, 3.8) is 0 Å². The lowest BCUT2D eigenvalue weighted by Gasteiger charge is -2.30. The molecule has 5 aromatic rings. The Hall–Kier alpha value is -4.26. The molecular formula is C33H28ClN2O3S+. The Morgan fingerprint density at radius 2 is 1.68 bits per heavy atom. The number of halogens is 1. The van der Waals surface area contributed by atoms with E-state index in [9.17, 15) is 5.11 Å². The minimum Gasteiger partial charge on any atom is -0.508 e. The Labute approximate surface area is 242 Å². The van der Waals surface area contributed by atoms with Crippen LogP contribution in [-0.2, 0) is 13.6 Å². The first-order valence-electron chi connectivity index (χ1n) is 12.8. The zero-order valence-corrected chi connectivity index (χ0v) is 24.0. The van der Waals surface area contributed by atoms with E-state index < -0.39 is 0 Å². The fourth-order valence-corrected chi connectivity index (χ4v) is 6.57. The van der Waals surface area contributed by atoms with Crippen LogP contribution in [-0.4, -0.2) is 19.3 Å². The fourth-order valence-electron chi connectivity index (χ4n) is 5.16. The Bertz CT molecular complexity index is 1770. The third kappa shape index (κ3) is 4.70.